The summed E-state index contributed by atoms with van der Waals surface area (Å²) in [4.78, 5) is 53.7. The summed E-state index contributed by atoms with van der Waals surface area (Å²) < 4.78 is 0. The van der Waals surface area contributed by atoms with Gasteiger partial charge in [-0.3, -0.25) is 4.90 Å². The number of hydrogen-bond donors (Lipinski definition) is 0. The van der Waals surface area contributed by atoms with Crippen LogP contribution in [0.2, 0.25) is 0 Å². The van der Waals surface area contributed by atoms with Crippen LogP contribution >= 0.6 is 0 Å². The molecule has 1 aliphatic rings. The van der Waals surface area contributed by atoms with Crippen LogP contribution in [0.15, 0.2) is 249 Å². The van der Waals surface area contributed by atoms with Crippen LogP contribution in [0.25, 0.3) is 102 Å². The van der Waals surface area contributed by atoms with Crippen LogP contribution in [-0.4, -0.2) is 44.9 Å². The highest BCUT2D eigenvalue weighted by atomic mass is 15.3. The molecule has 10 aromatic carbocycles. The molecular weight excluding hydrogens is 1180 g/mol. The van der Waals surface area contributed by atoms with E-state index in [2.05, 4.69) is 220 Å². The molecule has 0 amide bonds. The predicted molar refractivity (Wildman–Crippen MR) is 393 cm³/mol. The topological polar surface area (TPSA) is 122 Å². The number of rotatable bonds is 11. The van der Waals surface area contributed by atoms with Crippen LogP contribution in [0.1, 0.15) is 105 Å². The number of anilines is 6. The van der Waals surface area contributed by atoms with Crippen molar-refractivity contribution in [3.05, 3.63) is 271 Å². The normalized spacial score (nSPS) is 12.5. The van der Waals surface area contributed by atoms with Gasteiger partial charge in [0.1, 0.15) is 0 Å². The van der Waals surface area contributed by atoms with Gasteiger partial charge in [0.15, 0.2) is 46.6 Å². The van der Waals surface area contributed by atoms with E-state index in [0.29, 0.717) is 58.1 Å². The first kappa shape index (κ1) is 62.3. The summed E-state index contributed by atoms with van der Waals surface area (Å²) in [5.74, 6) is 4.68. The zero-order valence-corrected chi connectivity index (χ0v) is 56.6. The minimum absolute atomic E-state index is 0.170. The Kier molecular flexibility index (Phi) is 16.0. The van der Waals surface area contributed by atoms with Crippen molar-refractivity contribution in [1.29, 1.82) is 0 Å². The van der Waals surface area contributed by atoms with E-state index in [0.717, 1.165) is 78.5 Å². The maximum absolute atomic E-state index is 5.69. The molecule has 13 aromatic rings. The van der Waals surface area contributed by atoms with E-state index in [9.17, 15) is 0 Å². The summed E-state index contributed by atoms with van der Waals surface area (Å²) in [5.41, 5.74) is 16.8. The second-order valence-corrected chi connectivity index (χ2v) is 28.9. The summed E-state index contributed by atoms with van der Waals surface area (Å²) >= 11 is 0. The maximum Gasteiger partial charge on any atom is 0.238 e. The third kappa shape index (κ3) is 12.5. The lowest BCUT2D eigenvalue weighted by Gasteiger charge is -2.40. The Labute approximate surface area is 563 Å². The van der Waals surface area contributed by atoms with Gasteiger partial charge in [0.25, 0.3) is 0 Å². The fourth-order valence-corrected chi connectivity index (χ4v) is 12.2. The highest BCUT2D eigenvalue weighted by Gasteiger charge is 2.37. The Bertz CT molecular complexity index is 4710. The van der Waals surface area contributed by atoms with Crippen LogP contribution in [-0.2, 0) is 21.7 Å². The standard InChI is InChI=1S/C85H77N11/c1-82(2,3)62-46-59(47-63(52-62)83(4,5)6)78-90-79(60-48-64(84(7,8)9)53-65(49-60)85(10,11)12)94-81(93-78)96-70-44-30-28-42-68(70)95(69-43-29-31-45-71(69)96)72-66(54-32-18-13-19-33-54)50-61(77-88-73(55-34-20-14-21-35-55)86-74(89-77)56-36-22-15-23-37-56)51-67(72)80-91-75(57-38-24-16-25-39-57)87-76(92-80)58-40-26-17-27-41-58/h13-53H,1-12H3. The largest absolute Gasteiger partial charge is 0.305 e. The van der Waals surface area contributed by atoms with Gasteiger partial charge in [-0.25, -0.2) is 34.9 Å². The van der Waals surface area contributed by atoms with Crippen molar-refractivity contribution < 1.29 is 0 Å². The van der Waals surface area contributed by atoms with Crippen molar-refractivity contribution in [2.45, 2.75) is 105 Å². The molecule has 0 radical (unpaired) electrons. The van der Waals surface area contributed by atoms with Crippen LogP contribution in [0.4, 0.5) is 34.4 Å². The van der Waals surface area contributed by atoms with Gasteiger partial charge in [-0.05, 0) is 110 Å². The minimum Gasteiger partial charge on any atom is -0.305 e. The monoisotopic (exact) mass is 1250 g/mol. The van der Waals surface area contributed by atoms with Crippen molar-refractivity contribution >= 4 is 34.4 Å². The molecule has 4 heterocycles. The molecule has 0 fully saturated rings. The molecule has 0 bridgehead atoms. The molecule has 0 saturated carbocycles. The Morgan fingerprint density at radius 2 is 0.448 bits per heavy atom. The van der Waals surface area contributed by atoms with E-state index in [1.165, 1.54) is 22.3 Å². The highest BCUT2D eigenvalue weighted by Crippen LogP contribution is 2.58. The Hall–Kier alpha value is -11.2. The van der Waals surface area contributed by atoms with Crippen molar-refractivity contribution in [2.24, 2.45) is 0 Å². The molecule has 472 valence electrons. The van der Waals surface area contributed by atoms with Gasteiger partial charge in [0, 0.05) is 50.1 Å². The van der Waals surface area contributed by atoms with E-state index < -0.39 is 0 Å². The molecule has 1 aliphatic heterocycles. The molecule has 0 aliphatic carbocycles. The van der Waals surface area contributed by atoms with Gasteiger partial charge in [-0.2, -0.15) is 9.97 Å². The number of fused-ring (bicyclic) bond motifs is 2. The maximum atomic E-state index is 5.69. The van der Waals surface area contributed by atoms with Gasteiger partial charge in [0.2, 0.25) is 5.95 Å². The average molecular weight is 1250 g/mol. The number of hydrogen-bond acceptors (Lipinski definition) is 11. The van der Waals surface area contributed by atoms with Crippen molar-refractivity contribution in [2.75, 3.05) is 9.80 Å². The lowest BCUT2D eigenvalue weighted by Crippen LogP contribution is -2.26. The summed E-state index contributed by atoms with van der Waals surface area (Å²) in [5, 5.41) is 0. The Morgan fingerprint density at radius 1 is 0.208 bits per heavy atom. The molecule has 0 spiro atoms. The first-order valence-corrected chi connectivity index (χ1v) is 32.9. The molecule has 11 heteroatoms. The van der Waals surface area contributed by atoms with Gasteiger partial charge in [-0.1, -0.05) is 271 Å². The predicted octanol–water partition coefficient (Wildman–Crippen LogP) is 21.7. The quantitative estimate of drug-likeness (QED) is 0.123. The van der Waals surface area contributed by atoms with E-state index in [-0.39, 0.29) is 21.7 Å². The molecule has 0 unspecified atom stereocenters. The second kappa shape index (κ2) is 24.6. The summed E-state index contributed by atoms with van der Waals surface area (Å²) in [7, 11) is 0. The van der Waals surface area contributed by atoms with Gasteiger partial charge < -0.3 is 4.90 Å². The van der Waals surface area contributed by atoms with Crippen LogP contribution in [0.3, 0.4) is 0 Å². The fraction of sp³-hybridized carbons (Fsp3) is 0.188. The molecule has 11 nitrogen and oxygen atoms in total. The van der Waals surface area contributed by atoms with E-state index in [4.69, 9.17) is 44.9 Å². The van der Waals surface area contributed by atoms with Crippen molar-refractivity contribution in [3.8, 4) is 102 Å². The van der Waals surface area contributed by atoms with E-state index >= 15 is 0 Å². The first-order chi connectivity index (χ1) is 46.1. The third-order valence-electron chi connectivity index (χ3n) is 17.7. The molecule has 0 N–H and O–H groups in total. The second-order valence-electron chi connectivity index (χ2n) is 28.9. The first-order valence-electron chi connectivity index (χ1n) is 32.9. The number of para-hydroxylation sites is 4. The van der Waals surface area contributed by atoms with E-state index in [1.54, 1.807) is 0 Å². The SMILES string of the molecule is CC(C)(C)c1cc(-c2nc(-c3cc(C(C)(C)C)cc(C(C)(C)C)c3)nc(N3c4ccccc4N(c4c(-c5ccccc5)cc(-c5nc(-c6ccccc6)nc(-c6ccccc6)n5)cc4-c4nc(-c5ccccc5)nc(-c5ccccc5)n4)c4ccccc43)n2)cc(C(C)(C)C)c1. The smallest absolute Gasteiger partial charge is 0.238 e. The van der Waals surface area contributed by atoms with Gasteiger partial charge in [-0.15, -0.1) is 0 Å². The highest BCUT2D eigenvalue weighted by molar-refractivity contribution is 6.07. The lowest BCUT2D eigenvalue weighted by molar-refractivity contribution is 0.568. The van der Waals surface area contributed by atoms with Crippen molar-refractivity contribution in [1.82, 2.24) is 44.9 Å². The van der Waals surface area contributed by atoms with Crippen LogP contribution in [0.5, 0.6) is 0 Å². The molecular formula is C85H77N11. The summed E-state index contributed by atoms with van der Waals surface area (Å²) in [6.07, 6.45) is 0. The number of nitrogens with zero attached hydrogens (tertiary/aromatic N) is 11. The van der Waals surface area contributed by atoms with Crippen molar-refractivity contribution in [3.63, 3.8) is 0 Å². The summed E-state index contributed by atoms with van der Waals surface area (Å²) in [6.45, 7) is 27.2. The lowest BCUT2D eigenvalue weighted by atomic mass is 9.79. The molecule has 0 saturated heterocycles. The molecule has 96 heavy (non-hydrogen) atoms. The van der Waals surface area contributed by atoms with Crippen LogP contribution in [0, 0.1) is 0 Å². The van der Waals surface area contributed by atoms with E-state index in [1.807, 2.05) is 121 Å². The number of benzene rings is 10. The fourth-order valence-electron chi connectivity index (χ4n) is 12.2. The number of aromatic nitrogens is 9. The summed E-state index contributed by atoms with van der Waals surface area (Å²) in [6, 6.07) is 86.2. The third-order valence-corrected chi connectivity index (χ3v) is 17.7. The molecule has 0 atom stereocenters. The van der Waals surface area contributed by atoms with Gasteiger partial charge in [0.05, 0.1) is 28.4 Å². The van der Waals surface area contributed by atoms with Gasteiger partial charge >= 0.3 is 0 Å². The Morgan fingerprint density at radius 3 is 0.760 bits per heavy atom. The molecule has 14 rings (SSSR count). The molecule has 3 aromatic heterocycles. The zero-order chi connectivity index (χ0) is 66.7. The Balaban J connectivity index is 1.07. The zero-order valence-electron chi connectivity index (χ0n) is 56.6. The minimum atomic E-state index is -0.170. The average Bonchev–Trinajstić information content (AvgIpc) is 0.718. The van der Waals surface area contributed by atoms with Crippen LogP contribution < -0.4 is 9.80 Å².